The molecule has 0 radical (unpaired) electrons. The quantitative estimate of drug-likeness (QED) is 0.896. The van der Waals surface area contributed by atoms with E-state index in [2.05, 4.69) is 10.2 Å². The molecular weight excluding hydrogens is 302 g/mol. The number of hydrogen-bond acceptors (Lipinski definition) is 3. The van der Waals surface area contributed by atoms with Gasteiger partial charge in [-0.3, -0.25) is 9.59 Å². The Hall–Kier alpha value is -1.88. The Kier molecular flexibility index (Phi) is 5.51. The van der Waals surface area contributed by atoms with Gasteiger partial charge in [-0.05, 0) is 31.4 Å². The summed E-state index contributed by atoms with van der Waals surface area (Å²) in [5.41, 5.74) is 1.10. The smallest absolute Gasteiger partial charge is 0.224 e. The molecule has 24 heavy (non-hydrogen) atoms. The van der Waals surface area contributed by atoms with Gasteiger partial charge in [0.15, 0.2) is 0 Å². The molecule has 1 aromatic carbocycles. The first-order chi connectivity index (χ1) is 11.6. The van der Waals surface area contributed by atoms with E-state index in [9.17, 15) is 9.59 Å². The van der Waals surface area contributed by atoms with E-state index < -0.39 is 0 Å². The summed E-state index contributed by atoms with van der Waals surface area (Å²) < 4.78 is 0. The summed E-state index contributed by atoms with van der Waals surface area (Å²) in [5, 5.41) is 3.42. The third kappa shape index (κ3) is 3.96. The average Bonchev–Trinajstić information content (AvgIpc) is 2.84. The van der Waals surface area contributed by atoms with Gasteiger partial charge in [0.1, 0.15) is 0 Å². The van der Waals surface area contributed by atoms with E-state index in [1.165, 1.54) is 0 Å². The van der Waals surface area contributed by atoms with Gasteiger partial charge in [0.25, 0.3) is 0 Å². The van der Waals surface area contributed by atoms with Crippen molar-refractivity contribution < 1.29 is 9.59 Å². The third-order valence-electron chi connectivity index (χ3n) is 5.20. The number of benzene rings is 1. The fraction of sp³-hybridized carbons (Fsp3) is 0.579. The van der Waals surface area contributed by atoms with Crippen LogP contribution in [0.5, 0.6) is 0 Å². The van der Waals surface area contributed by atoms with Gasteiger partial charge < -0.3 is 15.1 Å². The molecule has 2 aliphatic rings. The Labute approximate surface area is 144 Å². The topological polar surface area (TPSA) is 52.7 Å². The first kappa shape index (κ1) is 17.0. The molecule has 2 unspecified atom stereocenters. The molecule has 1 aromatic rings. The molecule has 2 heterocycles. The molecule has 2 fully saturated rings. The summed E-state index contributed by atoms with van der Waals surface area (Å²) in [6, 6.07) is 10.7. The number of nitrogens with zero attached hydrogens (tertiary/aromatic N) is 2. The van der Waals surface area contributed by atoms with E-state index in [0.29, 0.717) is 31.6 Å². The summed E-state index contributed by atoms with van der Waals surface area (Å²) in [6.45, 7) is 4.54. The maximum Gasteiger partial charge on any atom is 0.224 e. The number of hydrogen-bond donors (Lipinski definition) is 1. The van der Waals surface area contributed by atoms with E-state index >= 15 is 0 Å². The van der Waals surface area contributed by atoms with Crippen LogP contribution in [0.15, 0.2) is 30.3 Å². The van der Waals surface area contributed by atoms with Crippen LogP contribution >= 0.6 is 0 Å². The standard InChI is InChI=1S/C19H27N3O2/c1-15(23)21(14-16-5-3-2-4-6-16)12-10-19(24)22-17-7-8-18(22)13-20-11-9-17/h2-6,17-18,20H,7-14H2,1H3. The lowest BCUT2D eigenvalue weighted by molar-refractivity contribution is -0.135. The minimum absolute atomic E-state index is 0.0205. The highest BCUT2D eigenvalue weighted by molar-refractivity contribution is 5.79. The van der Waals surface area contributed by atoms with E-state index in [4.69, 9.17) is 0 Å². The van der Waals surface area contributed by atoms with Crippen LogP contribution in [0.2, 0.25) is 0 Å². The Morgan fingerprint density at radius 1 is 1.17 bits per heavy atom. The van der Waals surface area contributed by atoms with Crippen molar-refractivity contribution in [2.45, 2.75) is 51.2 Å². The molecule has 0 spiro atoms. The predicted octanol–water partition coefficient (Wildman–Crippen LogP) is 1.78. The highest BCUT2D eigenvalue weighted by atomic mass is 16.2. The monoisotopic (exact) mass is 329 g/mol. The van der Waals surface area contributed by atoms with Crippen LogP contribution in [0.4, 0.5) is 0 Å². The third-order valence-corrected chi connectivity index (χ3v) is 5.20. The molecule has 2 atom stereocenters. The van der Waals surface area contributed by atoms with Crippen LogP contribution in [-0.2, 0) is 16.1 Å². The lowest BCUT2D eigenvalue weighted by atomic mass is 10.1. The zero-order valence-electron chi connectivity index (χ0n) is 14.4. The van der Waals surface area contributed by atoms with Crippen molar-refractivity contribution >= 4 is 11.8 Å². The molecule has 3 rings (SSSR count). The lowest BCUT2D eigenvalue weighted by Crippen LogP contribution is -2.44. The van der Waals surface area contributed by atoms with E-state index in [1.807, 2.05) is 30.3 Å². The lowest BCUT2D eigenvalue weighted by Gasteiger charge is -2.29. The van der Waals surface area contributed by atoms with Crippen molar-refractivity contribution in [1.82, 2.24) is 15.1 Å². The number of carbonyl (C=O) groups is 2. The zero-order chi connectivity index (χ0) is 16.9. The van der Waals surface area contributed by atoms with Crippen LogP contribution in [0.25, 0.3) is 0 Å². The molecule has 1 N–H and O–H groups in total. The second kappa shape index (κ2) is 7.79. The second-order valence-electron chi connectivity index (χ2n) is 6.85. The summed E-state index contributed by atoms with van der Waals surface area (Å²) in [7, 11) is 0. The van der Waals surface area contributed by atoms with E-state index in [0.717, 1.165) is 37.9 Å². The predicted molar refractivity (Wildman–Crippen MR) is 93.3 cm³/mol. The number of fused-ring (bicyclic) bond motifs is 2. The van der Waals surface area contributed by atoms with Crippen molar-refractivity contribution in [1.29, 1.82) is 0 Å². The Bertz CT molecular complexity index is 561. The molecule has 2 aliphatic heterocycles. The molecule has 130 valence electrons. The van der Waals surface area contributed by atoms with Gasteiger partial charge in [0.2, 0.25) is 11.8 Å². The molecule has 2 saturated heterocycles. The summed E-state index contributed by atoms with van der Waals surface area (Å²) in [5.74, 6) is 0.220. The molecule has 0 saturated carbocycles. The highest BCUT2D eigenvalue weighted by Gasteiger charge is 2.37. The summed E-state index contributed by atoms with van der Waals surface area (Å²) in [4.78, 5) is 28.5. The summed E-state index contributed by atoms with van der Waals surface area (Å²) >= 11 is 0. The first-order valence-electron chi connectivity index (χ1n) is 8.96. The molecule has 2 bridgehead atoms. The van der Waals surface area contributed by atoms with Crippen molar-refractivity contribution in [3.63, 3.8) is 0 Å². The summed E-state index contributed by atoms with van der Waals surface area (Å²) in [6.07, 6.45) is 3.68. The molecule has 2 amide bonds. The average molecular weight is 329 g/mol. The van der Waals surface area contributed by atoms with Gasteiger partial charge in [-0.2, -0.15) is 0 Å². The Morgan fingerprint density at radius 2 is 1.92 bits per heavy atom. The minimum Gasteiger partial charge on any atom is -0.338 e. The van der Waals surface area contributed by atoms with Crippen LogP contribution in [-0.4, -0.2) is 53.3 Å². The van der Waals surface area contributed by atoms with Gasteiger partial charge in [-0.15, -0.1) is 0 Å². The van der Waals surface area contributed by atoms with Gasteiger partial charge in [-0.25, -0.2) is 0 Å². The molecule has 5 nitrogen and oxygen atoms in total. The molecular formula is C19H27N3O2. The van der Waals surface area contributed by atoms with Crippen molar-refractivity contribution in [3.8, 4) is 0 Å². The number of nitrogens with one attached hydrogen (secondary N) is 1. The van der Waals surface area contributed by atoms with Crippen LogP contribution in [0.3, 0.4) is 0 Å². The SMILES string of the molecule is CC(=O)N(CCC(=O)N1C2CCNCC1CC2)Cc1ccccc1. The van der Waals surface area contributed by atoms with Crippen LogP contribution in [0.1, 0.15) is 38.2 Å². The van der Waals surface area contributed by atoms with Gasteiger partial charge >= 0.3 is 0 Å². The number of carbonyl (C=O) groups excluding carboxylic acids is 2. The largest absolute Gasteiger partial charge is 0.338 e. The zero-order valence-corrected chi connectivity index (χ0v) is 14.4. The number of rotatable bonds is 5. The maximum absolute atomic E-state index is 12.8. The highest BCUT2D eigenvalue weighted by Crippen LogP contribution is 2.28. The van der Waals surface area contributed by atoms with Gasteiger partial charge in [0.05, 0.1) is 0 Å². The second-order valence-corrected chi connectivity index (χ2v) is 6.85. The normalized spacial score (nSPS) is 23.0. The Morgan fingerprint density at radius 3 is 2.67 bits per heavy atom. The van der Waals surface area contributed by atoms with Gasteiger partial charge in [-0.1, -0.05) is 30.3 Å². The maximum atomic E-state index is 12.8. The van der Waals surface area contributed by atoms with Crippen LogP contribution in [0, 0.1) is 0 Å². The van der Waals surface area contributed by atoms with Crippen molar-refractivity contribution in [3.05, 3.63) is 35.9 Å². The van der Waals surface area contributed by atoms with Crippen LogP contribution < -0.4 is 5.32 Å². The molecule has 0 aliphatic carbocycles. The first-order valence-corrected chi connectivity index (χ1v) is 8.96. The van der Waals surface area contributed by atoms with Crippen molar-refractivity contribution in [2.75, 3.05) is 19.6 Å². The Balaban J connectivity index is 1.58. The fourth-order valence-electron chi connectivity index (χ4n) is 3.90. The fourth-order valence-corrected chi connectivity index (χ4v) is 3.90. The van der Waals surface area contributed by atoms with E-state index in [-0.39, 0.29) is 11.8 Å². The minimum atomic E-state index is 0.0205. The number of amides is 2. The molecule has 5 heteroatoms. The van der Waals surface area contributed by atoms with Gasteiger partial charge in [0, 0.05) is 45.1 Å². The van der Waals surface area contributed by atoms with E-state index in [1.54, 1.807) is 11.8 Å². The van der Waals surface area contributed by atoms with Crippen molar-refractivity contribution in [2.24, 2.45) is 0 Å². The molecule has 0 aromatic heterocycles.